The third kappa shape index (κ3) is 3.92. The van der Waals surface area contributed by atoms with Gasteiger partial charge in [-0.3, -0.25) is 0 Å². The van der Waals surface area contributed by atoms with Crippen LogP contribution in [0.5, 0.6) is 0 Å². The molecule has 0 aliphatic heterocycles. The first-order valence-corrected chi connectivity index (χ1v) is 19.2. The third-order valence-electron chi connectivity index (χ3n) is 12.0. The highest BCUT2D eigenvalue weighted by molar-refractivity contribution is 6.33. The molecule has 258 valence electrons. The summed E-state index contributed by atoms with van der Waals surface area (Å²) in [6.45, 7) is 0. The fourth-order valence-electron chi connectivity index (χ4n) is 9.66. The van der Waals surface area contributed by atoms with Crippen molar-refractivity contribution in [3.8, 4) is 28.2 Å². The Hall–Kier alpha value is -7.56. The van der Waals surface area contributed by atoms with Gasteiger partial charge in [-0.25, -0.2) is 9.97 Å². The lowest BCUT2D eigenvalue weighted by molar-refractivity contribution is 1.18. The molecule has 0 unspecified atom stereocenters. The van der Waals surface area contributed by atoms with Crippen LogP contribution in [0.1, 0.15) is 0 Å². The first-order valence-electron chi connectivity index (χ1n) is 19.2. The third-order valence-corrected chi connectivity index (χ3v) is 12.0. The number of aromatic nitrogens is 4. The SMILES string of the molecule is c1ccc(-c2nc3ccc4ccccc4c3nc2-c2cccc(-n3c4ccccc4c4c5cccc6c7cccc8c9ccccc9n(c(cc43)c65)c78)c2)cc1. The number of para-hydroxylation sites is 3. The molecule has 0 N–H and O–H groups in total. The summed E-state index contributed by atoms with van der Waals surface area (Å²) in [5.74, 6) is 0. The van der Waals surface area contributed by atoms with Gasteiger partial charge in [0.15, 0.2) is 0 Å². The summed E-state index contributed by atoms with van der Waals surface area (Å²) in [6.07, 6.45) is 0. The predicted molar refractivity (Wildman–Crippen MR) is 234 cm³/mol. The van der Waals surface area contributed by atoms with E-state index in [1.54, 1.807) is 0 Å². The minimum Gasteiger partial charge on any atom is -0.309 e. The lowest BCUT2D eigenvalue weighted by Gasteiger charge is -2.16. The van der Waals surface area contributed by atoms with E-state index in [1.807, 2.05) is 6.07 Å². The maximum atomic E-state index is 5.47. The minimum absolute atomic E-state index is 0.866. The Balaban J connectivity index is 1.15. The van der Waals surface area contributed by atoms with Crippen molar-refractivity contribution in [3.63, 3.8) is 0 Å². The fourth-order valence-corrected chi connectivity index (χ4v) is 9.66. The summed E-state index contributed by atoms with van der Waals surface area (Å²) < 4.78 is 4.96. The highest BCUT2D eigenvalue weighted by atomic mass is 15.0. The molecule has 13 rings (SSSR count). The normalized spacial score (nSPS) is 12.3. The van der Waals surface area contributed by atoms with Crippen molar-refractivity contribution in [2.45, 2.75) is 0 Å². The zero-order valence-corrected chi connectivity index (χ0v) is 30.1. The van der Waals surface area contributed by atoms with Crippen molar-refractivity contribution in [1.82, 2.24) is 18.9 Å². The van der Waals surface area contributed by atoms with Gasteiger partial charge in [0.25, 0.3) is 0 Å². The second kappa shape index (κ2) is 11.0. The monoisotopic (exact) mass is 710 g/mol. The maximum absolute atomic E-state index is 5.47. The topological polar surface area (TPSA) is 35.1 Å². The number of nitrogens with zero attached hydrogens (tertiary/aromatic N) is 4. The van der Waals surface area contributed by atoms with Crippen LogP contribution in [0.2, 0.25) is 0 Å². The molecule has 0 bridgehead atoms. The highest BCUT2D eigenvalue weighted by Crippen LogP contribution is 2.45. The van der Waals surface area contributed by atoms with E-state index < -0.39 is 0 Å². The molecular weight excluding hydrogens is 681 g/mol. The Morgan fingerprint density at radius 3 is 1.86 bits per heavy atom. The van der Waals surface area contributed by atoms with Crippen LogP contribution in [-0.2, 0) is 0 Å². The van der Waals surface area contributed by atoms with Gasteiger partial charge in [-0.15, -0.1) is 0 Å². The molecule has 0 amide bonds. The van der Waals surface area contributed by atoms with E-state index in [9.17, 15) is 0 Å². The summed E-state index contributed by atoms with van der Waals surface area (Å²) in [6, 6.07) is 65.7. The van der Waals surface area contributed by atoms with Crippen LogP contribution in [0.4, 0.5) is 0 Å². The van der Waals surface area contributed by atoms with E-state index in [0.29, 0.717) is 0 Å². The van der Waals surface area contributed by atoms with E-state index in [4.69, 9.17) is 9.97 Å². The molecule has 4 nitrogen and oxygen atoms in total. The van der Waals surface area contributed by atoms with Gasteiger partial charge < -0.3 is 8.97 Å². The van der Waals surface area contributed by atoms with Gasteiger partial charge in [0.2, 0.25) is 0 Å². The van der Waals surface area contributed by atoms with Crippen LogP contribution < -0.4 is 0 Å². The molecule has 0 atom stereocenters. The number of hydrogen-bond acceptors (Lipinski definition) is 2. The van der Waals surface area contributed by atoms with Crippen molar-refractivity contribution < 1.29 is 0 Å². The molecule has 0 aliphatic rings. The molecule has 4 aromatic heterocycles. The van der Waals surface area contributed by atoms with E-state index in [1.165, 1.54) is 70.7 Å². The van der Waals surface area contributed by atoms with E-state index in [0.717, 1.165) is 50.0 Å². The molecule has 0 spiro atoms. The number of benzene rings is 9. The van der Waals surface area contributed by atoms with E-state index >= 15 is 0 Å². The average Bonchev–Trinajstić information content (AvgIpc) is 3.79. The molecule has 13 aromatic rings. The fraction of sp³-hybridized carbons (Fsp3) is 0. The smallest absolute Gasteiger partial charge is 0.0974 e. The quantitative estimate of drug-likeness (QED) is 0.135. The molecule has 4 heterocycles. The van der Waals surface area contributed by atoms with Crippen molar-refractivity contribution in [2.75, 3.05) is 0 Å². The maximum Gasteiger partial charge on any atom is 0.0974 e. The molecule has 0 saturated heterocycles. The summed E-state index contributed by atoms with van der Waals surface area (Å²) in [5.41, 5.74) is 12.7. The second-order valence-corrected chi connectivity index (χ2v) is 14.9. The summed E-state index contributed by atoms with van der Waals surface area (Å²) in [5, 5.41) is 12.4. The number of pyridine rings is 1. The number of fused-ring (bicyclic) bond motifs is 12. The van der Waals surface area contributed by atoms with Gasteiger partial charge in [0.05, 0.1) is 50.0 Å². The Morgan fingerprint density at radius 1 is 0.357 bits per heavy atom. The minimum atomic E-state index is 0.866. The Kier molecular flexibility index (Phi) is 5.86. The van der Waals surface area contributed by atoms with Crippen molar-refractivity contribution >= 4 is 92.5 Å². The van der Waals surface area contributed by atoms with Gasteiger partial charge in [-0.1, -0.05) is 146 Å². The van der Waals surface area contributed by atoms with E-state index in [2.05, 4.69) is 185 Å². The first-order chi connectivity index (χ1) is 27.8. The Labute approximate surface area is 320 Å². The molecule has 0 radical (unpaired) electrons. The van der Waals surface area contributed by atoms with Gasteiger partial charge in [-0.05, 0) is 52.6 Å². The molecule has 0 fully saturated rings. The molecule has 56 heavy (non-hydrogen) atoms. The highest BCUT2D eigenvalue weighted by Gasteiger charge is 2.23. The van der Waals surface area contributed by atoms with Crippen LogP contribution in [0.3, 0.4) is 0 Å². The first kappa shape index (κ1) is 29.8. The van der Waals surface area contributed by atoms with Crippen LogP contribution in [0.15, 0.2) is 182 Å². The van der Waals surface area contributed by atoms with Gasteiger partial charge in [0.1, 0.15) is 0 Å². The molecular formula is C52H30N4. The molecule has 0 aliphatic carbocycles. The van der Waals surface area contributed by atoms with Gasteiger partial charge >= 0.3 is 0 Å². The van der Waals surface area contributed by atoms with Gasteiger partial charge in [0, 0.05) is 54.5 Å². The summed E-state index contributed by atoms with van der Waals surface area (Å²) in [4.78, 5) is 10.8. The van der Waals surface area contributed by atoms with Crippen molar-refractivity contribution in [1.29, 1.82) is 0 Å². The lowest BCUT2D eigenvalue weighted by Crippen LogP contribution is -1.99. The summed E-state index contributed by atoms with van der Waals surface area (Å²) in [7, 11) is 0. The number of rotatable bonds is 3. The van der Waals surface area contributed by atoms with Crippen LogP contribution >= 0.6 is 0 Å². The zero-order valence-electron chi connectivity index (χ0n) is 30.1. The molecule has 4 heteroatoms. The molecule has 9 aromatic carbocycles. The van der Waals surface area contributed by atoms with Crippen LogP contribution in [-0.4, -0.2) is 18.9 Å². The largest absolute Gasteiger partial charge is 0.309 e. The van der Waals surface area contributed by atoms with E-state index in [-0.39, 0.29) is 0 Å². The number of hydrogen-bond donors (Lipinski definition) is 0. The second-order valence-electron chi connectivity index (χ2n) is 14.9. The van der Waals surface area contributed by atoms with Crippen molar-refractivity contribution in [3.05, 3.63) is 182 Å². The van der Waals surface area contributed by atoms with Gasteiger partial charge in [-0.2, -0.15) is 0 Å². The van der Waals surface area contributed by atoms with Crippen LogP contribution in [0.25, 0.3) is 121 Å². The standard InChI is InChI=1S/C52H30N4/c1-2-14-32(15-3-1)49-50(54-51-35-18-5-4-13-31(35)27-28-42(51)53-49)33-16-10-17-34(29-33)55-44-26-9-7-20-40(44)48-41-24-11-21-37-39-23-12-22-38-36-19-6-8-25-43(36)56(52(38)39)46(47(37)41)30-45(48)55/h1-30H. The Morgan fingerprint density at radius 2 is 0.982 bits per heavy atom. The lowest BCUT2D eigenvalue weighted by atomic mass is 9.96. The average molecular weight is 711 g/mol. The van der Waals surface area contributed by atoms with Crippen LogP contribution in [0, 0.1) is 0 Å². The zero-order chi connectivity index (χ0) is 36.5. The van der Waals surface area contributed by atoms with Crippen molar-refractivity contribution in [2.24, 2.45) is 0 Å². The molecule has 0 saturated carbocycles. The Bertz CT molecular complexity index is 3760. The predicted octanol–water partition coefficient (Wildman–Crippen LogP) is 13.5. The summed E-state index contributed by atoms with van der Waals surface area (Å²) >= 11 is 0.